The number of sulfonamides is 1. The zero-order valence-electron chi connectivity index (χ0n) is 17.6. The molecular formula is C22H19F3N2O6S. The lowest BCUT2D eigenvalue weighted by Crippen LogP contribution is -2.28. The highest BCUT2D eigenvalue weighted by atomic mass is 32.2. The minimum Gasteiger partial charge on any atom is -0.482 e. The lowest BCUT2D eigenvalue weighted by Gasteiger charge is -2.18. The second-order valence-electron chi connectivity index (χ2n) is 7.61. The van der Waals surface area contributed by atoms with Crippen molar-refractivity contribution in [2.24, 2.45) is 0 Å². The highest BCUT2D eigenvalue weighted by Crippen LogP contribution is 2.32. The van der Waals surface area contributed by atoms with Crippen LogP contribution in [0.2, 0.25) is 0 Å². The molecule has 1 fully saturated rings. The maximum Gasteiger partial charge on any atom is 0.422 e. The Hall–Kier alpha value is -3.38. The first kappa shape index (κ1) is 23.8. The number of ether oxygens (including phenoxy) is 1. The predicted molar refractivity (Wildman–Crippen MR) is 116 cm³/mol. The third-order valence-corrected chi connectivity index (χ3v) is 7.07. The quantitative estimate of drug-likeness (QED) is 0.521. The fraction of sp³-hybridized carbons (Fsp3) is 0.273. The molecule has 1 aromatic heterocycles. The van der Waals surface area contributed by atoms with Crippen LogP contribution in [-0.4, -0.2) is 44.5 Å². The molecule has 0 unspecified atom stereocenters. The number of halogens is 3. The van der Waals surface area contributed by atoms with Crippen LogP contribution < -0.4 is 15.7 Å². The number of anilines is 1. The van der Waals surface area contributed by atoms with Crippen molar-refractivity contribution in [3.8, 4) is 5.75 Å². The van der Waals surface area contributed by atoms with E-state index in [0.717, 1.165) is 18.2 Å². The molecule has 8 nitrogen and oxygen atoms in total. The van der Waals surface area contributed by atoms with Crippen LogP contribution in [0.1, 0.15) is 23.2 Å². The summed E-state index contributed by atoms with van der Waals surface area (Å²) in [5.74, 6) is -1.40. The van der Waals surface area contributed by atoms with Gasteiger partial charge in [-0.15, -0.1) is 0 Å². The molecule has 3 aromatic rings. The summed E-state index contributed by atoms with van der Waals surface area (Å²) >= 11 is 0. The molecule has 1 N–H and O–H groups in total. The molecule has 0 radical (unpaired) electrons. The summed E-state index contributed by atoms with van der Waals surface area (Å²) in [6.45, 7) is -1.03. The Morgan fingerprint density at radius 2 is 1.79 bits per heavy atom. The van der Waals surface area contributed by atoms with E-state index in [4.69, 9.17) is 9.15 Å². The summed E-state index contributed by atoms with van der Waals surface area (Å²) < 4.78 is 75.1. The second kappa shape index (κ2) is 9.11. The van der Waals surface area contributed by atoms with Gasteiger partial charge >= 0.3 is 11.8 Å². The topological polar surface area (TPSA) is 106 Å². The standard InChI is InChI=1S/C22H19F3N2O6S/c23-22(24,25)13-32-19-8-7-15(34(30,31)27-9-3-4-10-27)12-17(19)26-20(28)16-11-14-5-1-2-6-18(14)33-21(16)29/h1-2,5-8,11-12H,3-4,9-10,13H2,(H,26,28). The van der Waals surface area contributed by atoms with Crippen LogP contribution in [0.15, 0.2) is 62.6 Å². The lowest BCUT2D eigenvalue weighted by molar-refractivity contribution is -0.153. The first-order valence-electron chi connectivity index (χ1n) is 10.2. The van der Waals surface area contributed by atoms with Crippen LogP contribution in [-0.2, 0) is 10.0 Å². The zero-order valence-corrected chi connectivity index (χ0v) is 18.4. The van der Waals surface area contributed by atoms with Crippen molar-refractivity contribution in [3.63, 3.8) is 0 Å². The molecule has 0 saturated carbocycles. The summed E-state index contributed by atoms with van der Waals surface area (Å²) in [5, 5.41) is 2.75. The number of rotatable bonds is 6. The number of amides is 1. The van der Waals surface area contributed by atoms with Gasteiger partial charge in [0.2, 0.25) is 10.0 Å². The monoisotopic (exact) mass is 496 g/mol. The number of nitrogens with one attached hydrogen (secondary N) is 1. The number of nitrogens with zero attached hydrogens (tertiary/aromatic N) is 1. The summed E-state index contributed by atoms with van der Waals surface area (Å²) in [4.78, 5) is 24.9. The van der Waals surface area contributed by atoms with Gasteiger partial charge in [-0.3, -0.25) is 4.79 Å². The highest BCUT2D eigenvalue weighted by molar-refractivity contribution is 7.89. The maximum absolute atomic E-state index is 12.9. The summed E-state index contributed by atoms with van der Waals surface area (Å²) in [7, 11) is -3.93. The highest BCUT2D eigenvalue weighted by Gasteiger charge is 2.31. The minimum atomic E-state index is -4.67. The van der Waals surface area contributed by atoms with Crippen LogP contribution in [0.4, 0.5) is 18.9 Å². The molecule has 180 valence electrons. The van der Waals surface area contributed by atoms with E-state index >= 15 is 0 Å². The van der Waals surface area contributed by atoms with Crippen molar-refractivity contribution in [2.45, 2.75) is 23.9 Å². The number of alkyl halides is 3. The molecule has 1 amide bonds. The van der Waals surface area contributed by atoms with Gasteiger partial charge in [-0.05, 0) is 43.2 Å². The van der Waals surface area contributed by atoms with Crippen molar-refractivity contribution in [1.29, 1.82) is 0 Å². The van der Waals surface area contributed by atoms with Gasteiger partial charge in [0.1, 0.15) is 16.9 Å². The third kappa shape index (κ3) is 5.07. The molecule has 34 heavy (non-hydrogen) atoms. The van der Waals surface area contributed by atoms with Crippen LogP contribution in [0, 0.1) is 0 Å². The third-order valence-electron chi connectivity index (χ3n) is 5.18. The Morgan fingerprint density at radius 1 is 1.09 bits per heavy atom. The van der Waals surface area contributed by atoms with Gasteiger partial charge in [-0.25, -0.2) is 13.2 Å². The van der Waals surface area contributed by atoms with Gasteiger partial charge in [-0.2, -0.15) is 17.5 Å². The molecule has 1 aliphatic heterocycles. The molecule has 0 atom stereocenters. The largest absolute Gasteiger partial charge is 0.482 e. The van der Waals surface area contributed by atoms with Crippen molar-refractivity contribution in [2.75, 3.05) is 25.0 Å². The molecule has 0 bridgehead atoms. The van der Waals surface area contributed by atoms with E-state index in [2.05, 4.69) is 5.32 Å². The average molecular weight is 496 g/mol. The number of hydrogen-bond acceptors (Lipinski definition) is 6. The zero-order chi connectivity index (χ0) is 24.5. The molecule has 0 aliphatic carbocycles. The normalized spacial score (nSPS) is 14.9. The number of hydrogen-bond donors (Lipinski definition) is 1. The summed E-state index contributed by atoms with van der Waals surface area (Å²) in [6, 6.07) is 10.9. The SMILES string of the molecule is O=C(Nc1cc(S(=O)(=O)N2CCCC2)ccc1OCC(F)(F)F)c1cc2ccccc2oc1=O. The number of benzene rings is 2. The lowest BCUT2D eigenvalue weighted by atomic mass is 10.1. The van der Waals surface area contributed by atoms with Gasteiger partial charge in [0, 0.05) is 18.5 Å². The second-order valence-corrected chi connectivity index (χ2v) is 9.55. The van der Waals surface area contributed by atoms with Gasteiger partial charge in [0.25, 0.3) is 5.91 Å². The Labute approximate surface area is 192 Å². The van der Waals surface area contributed by atoms with E-state index in [-0.39, 0.29) is 16.2 Å². The van der Waals surface area contributed by atoms with Crippen molar-refractivity contribution < 1.29 is 35.5 Å². The van der Waals surface area contributed by atoms with E-state index < -0.39 is 45.7 Å². The fourth-order valence-electron chi connectivity index (χ4n) is 3.54. The van der Waals surface area contributed by atoms with Crippen LogP contribution >= 0.6 is 0 Å². The first-order valence-corrected chi connectivity index (χ1v) is 11.7. The maximum atomic E-state index is 12.9. The Bertz CT molecular complexity index is 1400. The first-order chi connectivity index (χ1) is 16.0. The average Bonchev–Trinajstić information content (AvgIpc) is 3.33. The number of carbonyl (C=O) groups excluding carboxylic acids is 1. The molecule has 12 heteroatoms. The van der Waals surface area contributed by atoms with Gasteiger partial charge in [0.15, 0.2) is 6.61 Å². The Balaban J connectivity index is 1.71. The van der Waals surface area contributed by atoms with Crippen molar-refractivity contribution in [3.05, 3.63) is 64.5 Å². The number of fused-ring (bicyclic) bond motifs is 1. The van der Waals surface area contributed by atoms with E-state index in [0.29, 0.717) is 31.3 Å². The van der Waals surface area contributed by atoms with Crippen LogP contribution in [0.3, 0.4) is 0 Å². The predicted octanol–water partition coefficient (Wildman–Crippen LogP) is 3.77. The molecule has 2 aromatic carbocycles. The van der Waals surface area contributed by atoms with Gasteiger partial charge in [-0.1, -0.05) is 18.2 Å². The molecule has 0 spiro atoms. The fourth-order valence-corrected chi connectivity index (χ4v) is 5.08. The minimum absolute atomic E-state index is 0.227. The summed E-state index contributed by atoms with van der Waals surface area (Å²) in [6.07, 6.45) is -3.29. The van der Waals surface area contributed by atoms with E-state index in [1.807, 2.05) is 0 Å². The van der Waals surface area contributed by atoms with E-state index in [9.17, 15) is 31.2 Å². The van der Waals surface area contributed by atoms with Gasteiger partial charge in [0.05, 0.1) is 10.6 Å². The van der Waals surface area contributed by atoms with E-state index in [1.54, 1.807) is 18.2 Å². The van der Waals surface area contributed by atoms with Crippen LogP contribution in [0.25, 0.3) is 11.0 Å². The number of carbonyl (C=O) groups is 1. The molecule has 2 heterocycles. The number of para-hydroxylation sites is 1. The van der Waals surface area contributed by atoms with Crippen molar-refractivity contribution >= 4 is 32.6 Å². The molecular weight excluding hydrogens is 477 g/mol. The van der Waals surface area contributed by atoms with Gasteiger partial charge < -0.3 is 14.5 Å². The van der Waals surface area contributed by atoms with Crippen LogP contribution in [0.5, 0.6) is 5.75 Å². The Kier molecular flexibility index (Phi) is 6.36. The van der Waals surface area contributed by atoms with Crippen molar-refractivity contribution in [1.82, 2.24) is 4.31 Å². The Morgan fingerprint density at radius 3 is 2.50 bits per heavy atom. The summed E-state index contributed by atoms with van der Waals surface area (Å²) in [5.41, 5.74) is -1.46. The molecule has 1 aliphatic rings. The molecule has 4 rings (SSSR count). The smallest absolute Gasteiger partial charge is 0.422 e. The molecule has 1 saturated heterocycles. The van der Waals surface area contributed by atoms with E-state index in [1.165, 1.54) is 16.4 Å².